The van der Waals surface area contributed by atoms with Crippen LogP contribution >= 0.6 is 22.9 Å². The van der Waals surface area contributed by atoms with Crippen molar-refractivity contribution < 1.29 is 9.59 Å². The lowest BCUT2D eigenvalue weighted by molar-refractivity contribution is 0.0792. The fourth-order valence-corrected chi connectivity index (χ4v) is 5.85. The molecule has 3 aromatic heterocycles. The highest BCUT2D eigenvalue weighted by Crippen LogP contribution is 2.41. The van der Waals surface area contributed by atoms with Gasteiger partial charge in [-0.15, -0.1) is 11.3 Å². The van der Waals surface area contributed by atoms with E-state index in [4.69, 9.17) is 16.6 Å². The number of nitrogens with zero attached hydrogens (tertiary/aromatic N) is 4. The van der Waals surface area contributed by atoms with Gasteiger partial charge in [0, 0.05) is 47.3 Å². The molecule has 1 aromatic carbocycles. The molecule has 2 aliphatic heterocycles. The molecule has 2 aliphatic rings. The van der Waals surface area contributed by atoms with E-state index in [0.29, 0.717) is 28.6 Å². The van der Waals surface area contributed by atoms with Crippen molar-refractivity contribution in [2.24, 2.45) is 0 Å². The van der Waals surface area contributed by atoms with Gasteiger partial charge in [0.2, 0.25) is 5.28 Å². The van der Waals surface area contributed by atoms with Gasteiger partial charge >= 0.3 is 0 Å². The molecule has 0 radical (unpaired) electrons. The van der Waals surface area contributed by atoms with E-state index in [9.17, 15) is 9.59 Å². The van der Waals surface area contributed by atoms with Crippen LogP contribution in [0.4, 0.5) is 17.3 Å². The molecule has 0 bridgehead atoms. The Kier molecular flexibility index (Phi) is 5.42. The Bertz CT molecular complexity index is 1500. The fourth-order valence-electron chi connectivity index (χ4n) is 4.62. The van der Waals surface area contributed by atoms with Crippen LogP contribution in [0.1, 0.15) is 39.8 Å². The number of rotatable bonds is 3. The zero-order valence-corrected chi connectivity index (χ0v) is 20.5. The molecule has 1 saturated heterocycles. The van der Waals surface area contributed by atoms with E-state index in [-0.39, 0.29) is 23.1 Å². The average molecular weight is 508 g/mol. The highest BCUT2D eigenvalue weighted by Gasteiger charge is 2.26. The van der Waals surface area contributed by atoms with Crippen LogP contribution in [0.15, 0.2) is 30.5 Å². The van der Waals surface area contributed by atoms with Crippen molar-refractivity contribution in [1.82, 2.24) is 25.2 Å². The molecule has 178 valence electrons. The van der Waals surface area contributed by atoms with Gasteiger partial charge < -0.3 is 20.9 Å². The second kappa shape index (κ2) is 8.62. The normalized spacial score (nSPS) is 17.7. The molecule has 0 saturated carbocycles. The highest BCUT2D eigenvalue weighted by atomic mass is 35.5. The van der Waals surface area contributed by atoms with Gasteiger partial charge in [0.15, 0.2) is 0 Å². The highest BCUT2D eigenvalue weighted by molar-refractivity contribution is 7.21. The van der Waals surface area contributed by atoms with Crippen molar-refractivity contribution in [3.8, 4) is 0 Å². The zero-order chi connectivity index (χ0) is 24.1. The van der Waals surface area contributed by atoms with E-state index in [1.54, 1.807) is 4.90 Å². The summed E-state index contributed by atoms with van der Waals surface area (Å²) >= 11 is 7.52. The minimum absolute atomic E-state index is 0.0400. The summed E-state index contributed by atoms with van der Waals surface area (Å²) in [6.45, 7) is 4.07. The largest absolute Gasteiger partial charge is 0.381 e. The maximum Gasteiger partial charge on any atom is 0.263 e. The van der Waals surface area contributed by atoms with Gasteiger partial charge in [0.25, 0.3) is 11.8 Å². The molecule has 2 amide bonds. The van der Waals surface area contributed by atoms with Gasteiger partial charge in [0.05, 0.1) is 11.2 Å². The van der Waals surface area contributed by atoms with Crippen molar-refractivity contribution >= 4 is 73.1 Å². The Morgan fingerprint density at radius 3 is 2.86 bits per heavy atom. The molecule has 1 atom stereocenters. The van der Waals surface area contributed by atoms with Gasteiger partial charge in [-0.3, -0.25) is 9.59 Å². The van der Waals surface area contributed by atoms with Crippen molar-refractivity contribution in [3.63, 3.8) is 0 Å². The third-order valence-corrected chi connectivity index (χ3v) is 7.66. The SMILES string of the molecule is C[C@@H]1CNc2c(sc3ccc4nc(Nc5nc(Cl)ncc5C(=O)N5CCCC5)ccc4c23)C(=O)N1. The molecule has 0 spiro atoms. The summed E-state index contributed by atoms with van der Waals surface area (Å²) in [6.07, 6.45) is 3.44. The molecule has 0 unspecified atom stereocenters. The second-order valence-corrected chi connectivity index (χ2v) is 10.2. The van der Waals surface area contributed by atoms with Crippen LogP contribution in [0, 0.1) is 0 Å². The van der Waals surface area contributed by atoms with Crippen molar-refractivity contribution in [1.29, 1.82) is 0 Å². The molecular weight excluding hydrogens is 486 g/mol. The van der Waals surface area contributed by atoms with E-state index in [0.717, 1.165) is 52.6 Å². The van der Waals surface area contributed by atoms with E-state index >= 15 is 0 Å². The van der Waals surface area contributed by atoms with Crippen LogP contribution in [0.2, 0.25) is 5.28 Å². The number of anilines is 3. The van der Waals surface area contributed by atoms with Crippen LogP contribution in [0.25, 0.3) is 21.0 Å². The predicted molar refractivity (Wildman–Crippen MR) is 138 cm³/mol. The lowest BCUT2D eigenvalue weighted by atomic mass is 10.1. The third-order valence-electron chi connectivity index (χ3n) is 6.32. The van der Waals surface area contributed by atoms with Crippen molar-refractivity contribution in [2.75, 3.05) is 30.3 Å². The van der Waals surface area contributed by atoms with Gasteiger partial charge in [-0.2, -0.15) is 4.98 Å². The maximum absolute atomic E-state index is 13.0. The number of amides is 2. The van der Waals surface area contributed by atoms with Crippen molar-refractivity contribution in [2.45, 2.75) is 25.8 Å². The summed E-state index contributed by atoms with van der Waals surface area (Å²) in [4.78, 5) is 41.2. The third kappa shape index (κ3) is 3.92. The maximum atomic E-state index is 13.0. The summed E-state index contributed by atoms with van der Waals surface area (Å²) < 4.78 is 1.02. The first-order valence-electron chi connectivity index (χ1n) is 11.5. The zero-order valence-electron chi connectivity index (χ0n) is 18.9. The first-order chi connectivity index (χ1) is 17.0. The van der Waals surface area contributed by atoms with Crippen LogP contribution in [0.3, 0.4) is 0 Å². The number of thiophene rings is 1. The monoisotopic (exact) mass is 507 g/mol. The molecule has 11 heteroatoms. The molecule has 6 rings (SSSR count). The van der Waals surface area contributed by atoms with Crippen LogP contribution in [-0.4, -0.2) is 57.3 Å². The number of carbonyl (C=O) groups excluding carboxylic acids is 2. The van der Waals surface area contributed by atoms with E-state index in [1.165, 1.54) is 17.5 Å². The predicted octanol–water partition coefficient (Wildman–Crippen LogP) is 4.42. The van der Waals surface area contributed by atoms with Crippen LogP contribution in [-0.2, 0) is 0 Å². The Hall–Kier alpha value is -3.50. The molecule has 1 fully saturated rings. The van der Waals surface area contributed by atoms with Crippen LogP contribution < -0.4 is 16.0 Å². The Morgan fingerprint density at radius 1 is 1.20 bits per heavy atom. The number of hydrogen-bond donors (Lipinski definition) is 3. The molecule has 35 heavy (non-hydrogen) atoms. The molecule has 0 aliphatic carbocycles. The number of aromatic nitrogens is 3. The summed E-state index contributed by atoms with van der Waals surface area (Å²) in [5.74, 6) is 0.673. The number of fused-ring (bicyclic) bond motifs is 5. The minimum atomic E-state index is -0.122. The van der Waals surface area contributed by atoms with E-state index in [2.05, 4.69) is 25.9 Å². The van der Waals surface area contributed by atoms with Gasteiger partial charge in [-0.25, -0.2) is 9.97 Å². The summed E-state index contributed by atoms with van der Waals surface area (Å²) in [7, 11) is 0. The second-order valence-electron chi connectivity index (χ2n) is 8.79. The Balaban J connectivity index is 1.39. The smallest absolute Gasteiger partial charge is 0.263 e. The Labute approximate surface area is 209 Å². The molecule has 3 N–H and O–H groups in total. The number of halogens is 1. The molecule has 9 nitrogen and oxygen atoms in total. The molecule has 5 heterocycles. The molecule has 4 aromatic rings. The summed E-state index contributed by atoms with van der Waals surface area (Å²) in [5, 5.41) is 11.6. The van der Waals surface area contributed by atoms with Crippen molar-refractivity contribution in [3.05, 3.63) is 46.2 Å². The van der Waals surface area contributed by atoms with Gasteiger partial charge in [0.1, 0.15) is 22.1 Å². The average Bonchev–Trinajstić information content (AvgIpc) is 3.48. The lowest BCUT2D eigenvalue weighted by Crippen LogP contribution is -2.34. The van der Waals surface area contributed by atoms with Gasteiger partial charge in [-0.05, 0) is 55.6 Å². The molecular formula is C24H22ClN7O2S. The quantitative estimate of drug-likeness (QED) is 0.352. The standard InChI is InChI=1S/C24H22ClN7O2S/c1-12-10-26-19-18-13-4-7-17(29-15(13)5-6-16(18)35-20(19)22(33)28-12)30-21-14(11-27-24(25)31-21)23(34)32-8-2-3-9-32/h4-7,11-12,26H,2-3,8-10H2,1H3,(H,28,33)(H,27,29,30,31)/t12-/m1/s1. The topological polar surface area (TPSA) is 112 Å². The number of carbonyl (C=O) groups is 2. The Morgan fingerprint density at radius 2 is 2.03 bits per heavy atom. The van der Waals surface area contributed by atoms with E-state index < -0.39 is 0 Å². The lowest BCUT2D eigenvalue weighted by Gasteiger charge is -2.17. The van der Waals surface area contributed by atoms with E-state index in [1.807, 2.05) is 31.2 Å². The number of pyridine rings is 1. The number of likely N-dealkylation sites (tertiary alicyclic amines) is 1. The first-order valence-corrected chi connectivity index (χ1v) is 12.7. The van der Waals surface area contributed by atoms with Gasteiger partial charge in [-0.1, -0.05) is 0 Å². The first kappa shape index (κ1) is 22.0. The minimum Gasteiger partial charge on any atom is -0.381 e. The fraction of sp³-hybridized carbons (Fsp3) is 0.292. The summed E-state index contributed by atoms with van der Waals surface area (Å²) in [6, 6.07) is 7.76. The number of hydrogen-bond acceptors (Lipinski definition) is 8. The number of benzene rings is 1. The number of nitrogens with one attached hydrogen (secondary N) is 3. The summed E-state index contributed by atoms with van der Waals surface area (Å²) in [5.41, 5.74) is 1.97. The van der Waals surface area contributed by atoms with Crippen LogP contribution in [0.5, 0.6) is 0 Å².